The van der Waals surface area contributed by atoms with Gasteiger partial charge in [-0.15, -0.1) is 5.10 Å². The van der Waals surface area contributed by atoms with Crippen molar-refractivity contribution in [1.29, 1.82) is 0 Å². The van der Waals surface area contributed by atoms with Gasteiger partial charge in [0.15, 0.2) is 0 Å². The second kappa shape index (κ2) is 7.27. The van der Waals surface area contributed by atoms with Gasteiger partial charge in [-0.05, 0) is 26.3 Å². The van der Waals surface area contributed by atoms with Gasteiger partial charge in [0.05, 0.1) is 6.04 Å². The topological polar surface area (TPSA) is 54.2 Å². The van der Waals surface area contributed by atoms with Gasteiger partial charge in [0.1, 0.15) is 0 Å². The molecule has 0 spiro atoms. The monoisotopic (exact) mass is 240 g/mol. The molecule has 0 saturated carbocycles. The van der Waals surface area contributed by atoms with Crippen LogP contribution in [0.5, 0.6) is 0 Å². The molecule has 1 N–H and O–H groups in total. The highest BCUT2D eigenvalue weighted by Gasteiger charge is 2.16. The summed E-state index contributed by atoms with van der Waals surface area (Å²) in [5.74, 6) is 0.666. The summed E-state index contributed by atoms with van der Waals surface area (Å²) in [5.41, 5.74) is 0. The van der Waals surface area contributed by atoms with Crippen molar-refractivity contribution in [2.75, 3.05) is 24.5 Å². The molecule has 0 radical (unpaired) electrons. The molecule has 1 unspecified atom stereocenters. The Morgan fingerprint density at radius 2 is 1.82 bits per heavy atom. The maximum atomic E-state index is 5.71. The molecule has 0 aromatic carbocycles. The number of anilines is 1. The number of hydrogen-bond acceptors (Lipinski definition) is 5. The fraction of sp³-hybridized carbons (Fsp3) is 0.833. The first-order chi connectivity index (χ1) is 8.22. The number of hydrogen-bond donors (Lipinski definition) is 1. The molecule has 0 saturated heterocycles. The van der Waals surface area contributed by atoms with Crippen molar-refractivity contribution < 1.29 is 4.42 Å². The van der Waals surface area contributed by atoms with Crippen molar-refractivity contribution >= 4 is 6.01 Å². The number of nitrogens with zero attached hydrogens (tertiary/aromatic N) is 3. The van der Waals surface area contributed by atoms with Crippen LogP contribution in [0.2, 0.25) is 0 Å². The van der Waals surface area contributed by atoms with Crippen molar-refractivity contribution in [1.82, 2.24) is 15.5 Å². The Labute approximate surface area is 104 Å². The lowest BCUT2D eigenvalue weighted by atomic mass is 10.3. The Hall–Kier alpha value is -1.10. The van der Waals surface area contributed by atoms with E-state index in [1.807, 2.05) is 6.92 Å². The highest BCUT2D eigenvalue weighted by molar-refractivity contribution is 5.23. The van der Waals surface area contributed by atoms with Crippen molar-refractivity contribution in [3.63, 3.8) is 0 Å². The number of nitrogens with one attached hydrogen (secondary N) is 1. The average Bonchev–Trinajstić information content (AvgIpc) is 2.78. The summed E-state index contributed by atoms with van der Waals surface area (Å²) >= 11 is 0. The van der Waals surface area contributed by atoms with Crippen molar-refractivity contribution in [3.05, 3.63) is 5.89 Å². The molecular weight excluding hydrogens is 216 g/mol. The van der Waals surface area contributed by atoms with E-state index >= 15 is 0 Å². The predicted octanol–water partition coefficient (Wildman–Crippen LogP) is 2.37. The van der Waals surface area contributed by atoms with Crippen molar-refractivity contribution in [3.8, 4) is 0 Å². The van der Waals surface area contributed by atoms with E-state index in [9.17, 15) is 0 Å². The first-order valence-corrected chi connectivity index (χ1v) is 6.54. The summed E-state index contributed by atoms with van der Waals surface area (Å²) in [6.07, 6.45) is 2.17. The van der Waals surface area contributed by atoms with Crippen LogP contribution in [-0.4, -0.2) is 29.8 Å². The van der Waals surface area contributed by atoms with Gasteiger partial charge in [-0.3, -0.25) is 0 Å². The minimum absolute atomic E-state index is 0.117. The van der Waals surface area contributed by atoms with Crippen LogP contribution in [0.15, 0.2) is 4.42 Å². The first-order valence-electron chi connectivity index (χ1n) is 6.54. The van der Waals surface area contributed by atoms with Crippen LogP contribution >= 0.6 is 0 Å². The Kier molecular flexibility index (Phi) is 5.97. The molecule has 0 aliphatic rings. The summed E-state index contributed by atoms with van der Waals surface area (Å²) in [4.78, 5) is 2.15. The van der Waals surface area contributed by atoms with Gasteiger partial charge in [0.2, 0.25) is 5.89 Å². The van der Waals surface area contributed by atoms with Gasteiger partial charge >= 0.3 is 6.01 Å². The molecule has 1 aromatic rings. The smallest absolute Gasteiger partial charge is 0.318 e. The lowest BCUT2D eigenvalue weighted by Crippen LogP contribution is -2.25. The standard InChI is InChI=1S/C12H24N4O/c1-5-8-16(9-6-2)12-15-14-11(17-12)10(4)13-7-3/h10,13H,5-9H2,1-4H3. The molecule has 1 heterocycles. The average molecular weight is 240 g/mol. The summed E-state index contributed by atoms with van der Waals surface area (Å²) in [5, 5.41) is 11.5. The minimum atomic E-state index is 0.117. The van der Waals surface area contributed by atoms with E-state index in [1.165, 1.54) is 0 Å². The summed E-state index contributed by atoms with van der Waals surface area (Å²) in [6.45, 7) is 11.2. The number of rotatable bonds is 8. The molecule has 1 atom stereocenters. The fourth-order valence-corrected chi connectivity index (χ4v) is 1.77. The number of aromatic nitrogens is 2. The Bertz CT molecular complexity index is 307. The van der Waals surface area contributed by atoms with Crippen LogP contribution in [-0.2, 0) is 0 Å². The highest BCUT2D eigenvalue weighted by atomic mass is 16.4. The molecule has 17 heavy (non-hydrogen) atoms. The lowest BCUT2D eigenvalue weighted by Gasteiger charge is -2.18. The molecular formula is C12H24N4O. The minimum Gasteiger partial charge on any atom is -0.406 e. The van der Waals surface area contributed by atoms with Gasteiger partial charge in [-0.2, -0.15) is 0 Å². The van der Waals surface area contributed by atoms with E-state index in [0.29, 0.717) is 11.9 Å². The molecule has 0 bridgehead atoms. The molecule has 5 nitrogen and oxygen atoms in total. The molecule has 5 heteroatoms. The second-order valence-electron chi connectivity index (χ2n) is 4.19. The summed E-state index contributed by atoms with van der Waals surface area (Å²) in [6, 6.07) is 0.764. The van der Waals surface area contributed by atoms with E-state index in [4.69, 9.17) is 4.42 Å². The van der Waals surface area contributed by atoms with Gasteiger partial charge in [-0.25, -0.2) is 0 Å². The largest absolute Gasteiger partial charge is 0.406 e. The maximum Gasteiger partial charge on any atom is 0.318 e. The van der Waals surface area contributed by atoms with Crippen LogP contribution in [0.3, 0.4) is 0 Å². The van der Waals surface area contributed by atoms with Gasteiger partial charge in [0.25, 0.3) is 0 Å². The van der Waals surface area contributed by atoms with Gasteiger partial charge in [0, 0.05) is 13.1 Å². The van der Waals surface area contributed by atoms with E-state index in [-0.39, 0.29) is 6.04 Å². The predicted molar refractivity (Wildman–Crippen MR) is 69.2 cm³/mol. The third-order valence-electron chi connectivity index (χ3n) is 2.57. The molecule has 0 amide bonds. The van der Waals surface area contributed by atoms with E-state index in [2.05, 4.69) is 41.2 Å². The van der Waals surface area contributed by atoms with Crippen molar-refractivity contribution in [2.24, 2.45) is 0 Å². The third-order valence-corrected chi connectivity index (χ3v) is 2.57. The molecule has 0 aliphatic heterocycles. The van der Waals surface area contributed by atoms with Crippen LogP contribution in [0.1, 0.15) is 52.5 Å². The van der Waals surface area contributed by atoms with Crippen molar-refractivity contribution in [2.45, 2.75) is 46.6 Å². The first kappa shape index (κ1) is 14.0. The van der Waals surface area contributed by atoms with Crippen LogP contribution in [0.4, 0.5) is 6.01 Å². The van der Waals surface area contributed by atoms with E-state index < -0.39 is 0 Å². The molecule has 0 fully saturated rings. The zero-order chi connectivity index (χ0) is 12.7. The Morgan fingerprint density at radius 3 is 2.35 bits per heavy atom. The summed E-state index contributed by atoms with van der Waals surface area (Å²) in [7, 11) is 0. The quantitative estimate of drug-likeness (QED) is 0.756. The third kappa shape index (κ3) is 4.00. The van der Waals surface area contributed by atoms with Crippen LogP contribution in [0, 0.1) is 0 Å². The lowest BCUT2D eigenvalue weighted by molar-refractivity contribution is 0.418. The molecule has 98 valence electrons. The SMILES string of the molecule is CCCN(CCC)c1nnc(C(C)NCC)o1. The fourth-order valence-electron chi connectivity index (χ4n) is 1.77. The zero-order valence-corrected chi connectivity index (χ0v) is 11.4. The van der Waals surface area contributed by atoms with Crippen LogP contribution in [0.25, 0.3) is 0 Å². The Morgan fingerprint density at radius 1 is 1.18 bits per heavy atom. The summed E-state index contributed by atoms with van der Waals surface area (Å²) < 4.78 is 5.71. The van der Waals surface area contributed by atoms with Gasteiger partial charge < -0.3 is 14.6 Å². The molecule has 1 rings (SSSR count). The second-order valence-corrected chi connectivity index (χ2v) is 4.19. The van der Waals surface area contributed by atoms with E-state index in [1.54, 1.807) is 0 Å². The van der Waals surface area contributed by atoms with E-state index in [0.717, 1.165) is 32.5 Å². The highest BCUT2D eigenvalue weighted by Crippen LogP contribution is 2.17. The maximum absolute atomic E-state index is 5.71. The van der Waals surface area contributed by atoms with Gasteiger partial charge in [-0.1, -0.05) is 25.9 Å². The zero-order valence-electron chi connectivity index (χ0n) is 11.4. The normalized spacial score (nSPS) is 12.7. The molecule has 0 aliphatic carbocycles. The van der Waals surface area contributed by atoms with Crippen LogP contribution < -0.4 is 10.2 Å². The Balaban J connectivity index is 2.69. The molecule has 1 aromatic heterocycles.